The predicted molar refractivity (Wildman–Crippen MR) is 77.5 cm³/mol. The van der Waals surface area contributed by atoms with Gasteiger partial charge in [-0.2, -0.15) is 0 Å². The number of amides is 1. The SMILES string of the molecule is COCC1CCCN(C(=O)c2ccc3c(c2)CNC3)C1. The van der Waals surface area contributed by atoms with Crippen LogP contribution in [0.4, 0.5) is 0 Å². The molecule has 2 heterocycles. The summed E-state index contributed by atoms with van der Waals surface area (Å²) in [6.45, 7) is 4.24. The summed E-state index contributed by atoms with van der Waals surface area (Å²) in [6.07, 6.45) is 2.23. The summed E-state index contributed by atoms with van der Waals surface area (Å²) in [5.41, 5.74) is 3.41. The van der Waals surface area contributed by atoms with Crippen LogP contribution in [0, 0.1) is 5.92 Å². The summed E-state index contributed by atoms with van der Waals surface area (Å²) >= 11 is 0. The number of nitrogens with zero attached hydrogens (tertiary/aromatic N) is 1. The lowest BCUT2D eigenvalue weighted by atomic mass is 9.97. The fourth-order valence-electron chi connectivity index (χ4n) is 3.23. The van der Waals surface area contributed by atoms with Gasteiger partial charge >= 0.3 is 0 Å². The van der Waals surface area contributed by atoms with Crippen LogP contribution in [0.15, 0.2) is 18.2 Å². The molecule has 4 nitrogen and oxygen atoms in total. The van der Waals surface area contributed by atoms with Crippen LogP contribution in [0.5, 0.6) is 0 Å². The highest BCUT2D eigenvalue weighted by Gasteiger charge is 2.25. The van der Waals surface area contributed by atoms with E-state index in [1.807, 2.05) is 11.0 Å². The van der Waals surface area contributed by atoms with Gasteiger partial charge in [0.15, 0.2) is 0 Å². The van der Waals surface area contributed by atoms with Crippen molar-refractivity contribution in [3.05, 3.63) is 34.9 Å². The van der Waals surface area contributed by atoms with Crippen LogP contribution in [0.2, 0.25) is 0 Å². The highest BCUT2D eigenvalue weighted by atomic mass is 16.5. The maximum absolute atomic E-state index is 12.6. The molecular weight excluding hydrogens is 252 g/mol. The van der Waals surface area contributed by atoms with E-state index in [1.165, 1.54) is 11.1 Å². The molecule has 2 aliphatic rings. The van der Waals surface area contributed by atoms with Gasteiger partial charge in [-0.25, -0.2) is 0 Å². The summed E-state index contributed by atoms with van der Waals surface area (Å²) in [4.78, 5) is 14.6. The molecule has 0 aliphatic carbocycles. The first-order valence-corrected chi connectivity index (χ1v) is 7.38. The number of rotatable bonds is 3. The Kier molecular flexibility index (Phi) is 4.03. The minimum atomic E-state index is 0.167. The molecule has 1 unspecified atom stereocenters. The molecule has 108 valence electrons. The quantitative estimate of drug-likeness (QED) is 0.913. The molecule has 2 aliphatic heterocycles. The van der Waals surface area contributed by atoms with Gasteiger partial charge in [-0.1, -0.05) is 6.07 Å². The smallest absolute Gasteiger partial charge is 0.253 e. The third kappa shape index (κ3) is 2.72. The lowest BCUT2D eigenvalue weighted by molar-refractivity contribution is 0.0571. The number of fused-ring (bicyclic) bond motifs is 1. The minimum absolute atomic E-state index is 0.167. The normalized spacial score (nSPS) is 21.9. The Morgan fingerprint density at radius 2 is 2.25 bits per heavy atom. The largest absolute Gasteiger partial charge is 0.384 e. The summed E-state index contributed by atoms with van der Waals surface area (Å²) in [7, 11) is 1.73. The van der Waals surface area contributed by atoms with Gasteiger partial charge in [0.1, 0.15) is 0 Å². The molecule has 1 aromatic carbocycles. The molecule has 1 fully saturated rings. The van der Waals surface area contributed by atoms with Crippen LogP contribution in [-0.2, 0) is 17.8 Å². The van der Waals surface area contributed by atoms with Crippen molar-refractivity contribution in [3.63, 3.8) is 0 Å². The number of ether oxygens (including phenoxy) is 1. The first-order chi connectivity index (χ1) is 9.78. The first kappa shape index (κ1) is 13.6. The van der Waals surface area contributed by atoms with E-state index in [4.69, 9.17) is 4.74 Å². The molecule has 1 aromatic rings. The van der Waals surface area contributed by atoms with Crippen molar-refractivity contribution >= 4 is 5.91 Å². The van der Waals surface area contributed by atoms with Gasteiger partial charge in [-0.05, 0) is 42.0 Å². The first-order valence-electron chi connectivity index (χ1n) is 7.38. The van der Waals surface area contributed by atoms with E-state index in [0.717, 1.165) is 51.2 Å². The fourth-order valence-corrected chi connectivity index (χ4v) is 3.23. The standard InChI is InChI=1S/C16H22N2O2/c1-20-11-12-3-2-6-18(10-12)16(19)13-4-5-14-8-17-9-15(14)7-13/h4-5,7,12,17H,2-3,6,8-11H2,1H3. The number of benzene rings is 1. The maximum atomic E-state index is 12.6. The molecular formula is C16H22N2O2. The van der Waals surface area contributed by atoms with E-state index >= 15 is 0 Å². The van der Waals surface area contributed by atoms with Crippen molar-refractivity contribution in [3.8, 4) is 0 Å². The van der Waals surface area contributed by atoms with Crippen molar-refractivity contribution in [1.82, 2.24) is 10.2 Å². The number of hydrogen-bond acceptors (Lipinski definition) is 3. The monoisotopic (exact) mass is 274 g/mol. The van der Waals surface area contributed by atoms with Crippen molar-refractivity contribution in [2.45, 2.75) is 25.9 Å². The van der Waals surface area contributed by atoms with Crippen LogP contribution in [-0.4, -0.2) is 37.6 Å². The van der Waals surface area contributed by atoms with Gasteiger partial charge in [-0.3, -0.25) is 4.79 Å². The zero-order valence-corrected chi connectivity index (χ0v) is 12.0. The molecule has 0 spiro atoms. The zero-order valence-electron chi connectivity index (χ0n) is 12.0. The molecule has 0 saturated carbocycles. The van der Waals surface area contributed by atoms with Crippen molar-refractivity contribution < 1.29 is 9.53 Å². The second kappa shape index (κ2) is 5.94. The van der Waals surface area contributed by atoms with E-state index in [1.54, 1.807) is 7.11 Å². The highest BCUT2D eigenvalue weighted by Crippen LogP contribution is 2.21. The van der Waals surface area contributed by atoms with Crippen LogP contribution in [0.1, 0.15) is 34.3 Å². The van der Waals surface area contributed by atoms with E-state index in [2.05, 4.69) is 17.4 Å². The van der Waals surface area contributed by atoms with Crippen molar-refractivity contribution in [2.24, 2.45) is 5.92 Å². The Balaban J connectivity index is 1.72. The van der Waals surface area contributed by atoms with Gasteiger partial charge < -0.3 is 15.0 Å². The molecule has 0 bridgehead atoms. The molecule has 20 heavy (non-hydrogen) atoms. The molecule has 1 atom stereocenters. The number of carbonyl (C=O) groups is 1. The average Bonchev–Trinajstić information content (AvgIpc) is 2.94. The Labute approximate surface area is 120 Å². The van der Waals surface area contributed by atoms with E-state index < -0.39 is 0 Å². The Morgan fingerprint density at radius 1 is 1.40 bits per heavy atom. The Bertz CT molecular complexity index is 499. The summed E-state index contributed by atoms with van der Waals surface area (Å²) < 4.78 is 5.23. The number of methoxy groups -OCH3 is 1. The van der Waals surface area contributed by atoms with Crippen molar-refractivity contribution in [1.29, 1.82) is 0 Å². The molecule has 0 aromatic heterocycles. The maximum Gasteiger partial charge on any atom is 0.253 e. The third-order valence-electron chi connectivity index (χ3n) is 4.29. The predicted octanol–water partition coefficient (Wildman–Crippen LogP) is 1.79. The van der Waals surface area contributed by atoms with E-state index in [9.17, 15) is 4.79 Å². The summed E-state index contributed by atoms with van der Waals surface area (Å²) in [6, 6.07) is 6.10. The lowest BCUT2D eigenvalue weighted by Crippen LogP contribution is -2.41. The zero-order chi connectivity index (χ0) is 13.9. The highest BCUT2D eigenvalue weighted by molar-refractivity contribution is 5.94. The number of nitrogens with one attached hydrogen (secondary N) is 1. The van der Waals surface area contributed by atoms with Gasteiger partial charge in [-0.15, -0.1) is 0 Å². The van der Waals surface area contributed by atoms with Crippen LogP contribution >= 0.6 is 0 Å². The topological polar surface area (TPSA) is 41.6 Å². The fraction of sp³-hybridized carbons (Fsp3) is 0.562. The van der Waals surface area contributed by atoms with Crippen LogP contribution in [0.25, 0.3) is 0 Å². The molecule has 4 heteroatoms. The van der Waals surface area contributed by atoms with E-state index in [0.29, 0.717) is 5.92 Å². The lowest BCUT2D eigenvalue weighted by Gasteiger charge is -2.32. The van der Waals surface area contributed by atoms with Gasteiger partial charge in [0.2, 0.25) is 0 Å². The molecule has 0 radical (unpaired) electrons. The summed E-state index contributed by atoms with van der Waals surface area (Å²) in [5.74, 6) is 0.647. The number of hydrogen-bond donors (Lipinski definition) is 1. The molecule has 3 rings (SSSR count). The Hall–Kier alpha value is -1.39. The van der Waals surface area contributed by atoms with Gasteiger partial charge in [0.05, 0.1) is 6.61 Å². The van der Waals surface area contributed by atoms with Crippen molar-refractivity contribution in [2.75, 3.05) is 26.8 Å². The molecule has 1 N–H and O–H groups in total. The van der Waals surface area contributed by atoms with E-state index in [-0.39, 0.29) is 5.91 Å². The number of likely N-dealkylation sites (tertiary alicyclic amines) is 1. The summed E-state index contributed by atoms with van der Waals surface area (Å²) in [5, 5.41) is 3.32. The number of carbonyl (C=O) groups excluding carboxylic acids is 1. The van der Waals surface area contributed by atoms with Gasteiger partial charge in [0.25, 0.3) is 5.91 Å². The van der Waals surface area contributed by atoms with Crippen LogP contribution in [0.3, 0.4) is 0 Å². The Morgan fingerprint density at radius 3 is 3.10 bits per heavy atom. The molecule has 1 saturated heterocycles. The average molecular weight is 274 g/mol. The minimum Gasteiger partial charge on any atom is -0.384 e. The van der Waals surface area contributed by atoms with Gasteiger partial charge in [0, 0.05) is 38.9 Å². The molecule has 1 amide bonds. The number of piperidine rings is 1. The van der Waals surface area contributed by atoms with Crippen LogP contribution < -0.4 is 5.32 Å². The third-order valence-corrected chi connectivity index (χ3v) is 4.29. The second-order valence-corrected chi connectivity index (χ2v) is 5.80. The second-order valence-electron chi connectivity index (χ2n) is 5.80.